The molecule has 0 aromatic carbocycles. The lowest BCUT2D eigenvalue weighted by Gasteiger charge is -2.60. The van der Waals surface area contributed by atoms with Gasteiger partial charge in [-0.05, 0) is 148 Å². The predicted molar refractivity (Wildman–Crippen MR) is 255 cm³/mol. The summed E-state index contributed by atoms with van der Waals surface area (Å²) in [5.74, 6) is -3.33. The summed E-state index contributed by atoms with van der Waals surface area (Å²) in [5.41, 5.74) is -5.30. The number of carbonyl (C=O) groups is 3. The summed E-state index contributed by atoms with van der Waals surface area (Å²) >= 11 is 0. The van der Waals surface area contributed by atoms with Crippen LogP contribution >= 0.6 is 0 Å². The first-order chi connectivity index (χ1) is 31.5. The lowest BCUT2D eigenvalue weighted by atomic mass is 9.45. The third-order valence-electron chi connectivity index (χ3n) is 18.6. The molecule has 2 heterocycles. The maximum absolute atomic E-state index is 14.3. The molecule has 3 saturated carbocycles. The zero-order valence-electron chi connectivity index (χ0n) is 43.2. The monoisotopic (exact) mass is 964 g/mol. The van der Waals surface area contributed by atoms with E-state index in [2.05, 4.69) is 12.2 Å². The van der Waals surface area contributed by atoms with Crippen molar-refractivity contribution in [3.05, 3.63) is 11.6 Å². The summed E-state index contributed by atoms with van der Waals surface area (Å²) in [6.07, 6.45) is -1.37. The summed E-state index contributed by atoms with van der Waals surface area (Å²) in [5, 5.41) is 87.1. The van der Waals surface area contributed by atoms with E-state index < -0.39 is 94.9 Å². The number of carbonyl (C=O) groups excluding carboxylic acids is 3. The van der Waals surface area contributed by atoms with Gasteiger partial charge in [-0.25, -0.2) is 0 Å². The van der Waals surface area contributed by atoms with Gasteiger partial charge in [-0.15, -0.1) is 0 Å². The number of nitrogens with one attached hydrogen (secondary N) is 1. The van der Waals surface area contributed by atoms with Gasteiger partial charge in [0, 0.05) is 49.5 Å². The van der Waals surface area contributed by atoms with Crippen LogP contribution in [0.25, 0.3) is 0 Å². The Balaban J connectivity index is 1.20. The molecule has 68 heavy (non-hydrogen) atoms. The Morgan fingerprint density at radius 3 is 2.26 bits per heavy atom. The van der Waals surface area contributed by atoms with Gasteiger partial charge in [-0.3, -0.25) is 19.3 Å². The van der Waals surface area contributed by atoms with Crippen molar-refractivity contribution in [1.82, 2.24) is 15.1 Å². The Kier molecular flexibility index (Phi) is 16.9. The molecular formula is C52H89N3O13. The van der Waals surface area contributed by atoms with Crippen LogP contribution in [0.1, 0.15) is 140 Å². The summed E-state index contributed by atoms with van der Waals surface area (Å²) in [6, 6.07) is -1.03. The van der Waals surface area contributed by atoms with Crippen LogP contribution in [0.3, 0.4) is 0 Å². The van der Waals surface area contributed by atoms with Crippen LogP contribution in [0, 0.1) is 46.3 Å². The SMILES string of the molecule is CC[C@H]1OC(=O)[C@H](C)C(O)[C@H](C)C(OC2OC(C)C[C@@H](N(C)C)[C@H]2O)[C@](C)(O)C[C@@H](C)CN(CCCNC(=O)[C@@]2(O)CCC3C4CCC5=CC(=O)CC[C@]5(C)C4[C@@H](O)C[C@@]32C)[C@H](C)[C@@H](O)[C@]1(C)O. The number of rotatable bonds is 9. The van der Waals surface area contributed by atoms with Crippen LogP contribution < -0.4 is 5.32 Å². The summed E-state index contributed by atoms with van der Waals surface area (Å²) in [7, 11) is 3.72. The number of ketones is 1. The number of esters is 1. The smallest absolute Gasteiger partial charge is 0.311 e. The highest BCUT2D eigenvalue weighted by molar-refractivity contribution is 5.91. The van der Waals surface area contributed by atoms with Gasteiger partial charge < -0.3 is 60.2 Å². The Morgan fingerprint density at radius 1 is 0.941 bits per heavy atom. The molecule has 5 fully saturated rings. The minimum atomic E-state index is -1.93. The van der Waals surface area contributed by atoms with Gasteiger partial charge in [0.15, 0.2) is 12.1 Å². The van der Waals surface area contributed by atoms with Crippen LogP contribution in [-0.4, -0.2) is 175 Å². The minimum absolute atomic E-state index is 0.0288. The highest BCUT2D eigenvalue weighted by Crippen LogP contribution is 2.67. The first-order valence-corrected chi connectivity index (χ1v) is 25.9. The standard InChI is InChI=1S/C52H89N3O13/c1-13-39-51(10,64)43(60)32(6)55(27-28(2)25-50(9,63)44(30(4)41(58)31(5)45(61)67-39)68-46-42(59)37(54(11)12)23-29(3)66-46)22-14-21-53-47(62)52(65)20-18-36-35-16-15-33-24-34(56)17-19-48(33,7)40(35)38(57)26-49(36,52)8/h24,28-32,35-44,46,57-60,63-65H,13-23,25-27H2,1-12H3,(H,53,62)/t28-,29?,30+,31-,32-,35?,36?,37-,38+,39-,40?,41?,42-,43-,44?,46?,48+,49+,50-,51-,52+/m1/s1. The maximum Gasteiger partial charge on any atom is 0.311 e. The van der Waals surface area contributed by atoms with Gasteiger partial charge in [0.05, 0.1) is 35.9 Å². The molecule has 6 rings (SSSR count). The second-order valence-corrected chi connectivity index (χ2v) is 23.8. The fourth-order valence-corrected chi connectivity index (χ4v) is 14.6. The number of cyclic esters (lactones) is 1. The molecule has 2 aliphatic heterocycles. The first kappa shape index (κ1) is 55.2. The molecule has 0 aromatic rings. The van der Waals surface area contributed by atoms with E-state index in [-0.39, 0.29) is 79.2 Å². The van der Waals surface area contributed by atoms with Gasteiger partial charge >= 0.3 is 5.97 Å². The summed E-state index contributed by atoms with van der Waals surface area (Å²) in [6.45, 7) is 18.5. The lowest BCUT2D eigenvalue weighted by Crippen LogP contribution is -2.63. The molecule has 0 radical (unpaired) electrons. The van der Waals surface area contributed by atoms with Crippen molar-refractivity contribution >= 4 is 17.7 Å². The van der Waals surface area contributed by atoms with E-state index in [4.69, 9.17) is 14.2 Å². The van der Waals surface area contributed by atoms with Crippen molar-refractivity contribution in [1.29, 1.82) is 0 Å². The van der Waals surface area contributed by atoms with Crippen LogP contribution in [0.4, 0.5) is 0 Å². The van der Waals surface area contributed by atoms with Crippen molar-refractivity contribution < 1.29 is 64.3 Å². The van der Waals surface area contributed by atoms with Crippen molar-refractivity contribution in [3.8, 4) is 0 Å². The van der Waals surface area contributed by atoms with E-state index >= 15 is 0 Å². The number of allylic oxidation sites excluding steroid dienone is 1. The molecule has 0 aromatic heterocycles. The minimum Gasteiger partial charge on any atom is -0.459 e. The average Bonchev–Trinajstić information content (AvgIpc) is 3.54. The fourth-order valence-electron chi connectivity index (χ4n) is 14.6. The number of aliphatic hydroxyl groups is 7. The molecule has 7 unspecified atom stereocenters. The highest BCUT2D eigenvalue weighted by Gasteiger charge is 2.68. The third kappa shape index (κ3) is 10.3. The van der Waals surface area contributed by atoms with Gasteiger partial charge in [0.2, 0.25) is 0 Å². The number of likely N-dealkylation sites (N-methyl/N-ethyl adjacent to an activating group) is 1. The van der Waals surface area contributed by atoms with Crippen LogP contribution in [0.15, 0.2) is 11.6 Å². The van der Waals surface area contributed by atoms with E-state index in [1.54, 1.807) is 33.8 Å². The van der Waals surface area contributed by atoms with Crippen molar-refractivity contribution in [3.63, 3.8) is 0 Å². The molecular weight excluding hydrogens is 875 g/mol. The highest BCUT2D eigenvalue weighted by atomic mass is 16.7. The largest absolute Gasteiger partial charge is 0.459 e. The van der Waals surface area contributed by atoms with Crippen molar-refractivity contribution in [2.75, 3.05) is 33.7 Å². The Bertz CT molecular complexity index is 1830. The van der Waals surface area contributed by atoms with E-state index in [1.807, 2.05) is 44.7 Å². The fraction of sp³-hybridized carbons (Fsp3) is 0.904. The van der Waals surface area contributed by atoms with E-state index in [9.17, 15) is 50.1 Å². The summed E-state index contributed by atoms with van der Waals surface area (Å²) in [4.78, 5) is 44.3. The van der Waals surface area contributed by atoms with Gasteiger partial charge in [0.1, 0.15) is 29.5 Å². The Morgan fingerprint density at radius 2 is 1.62 bits per heavy atom. The molecule has 16 heteroatoms. The van der Waals surface area contributed by atoms with Gasteiger partial charge in [-0.2, -0.15) is 0 Å². The second-order valence-electron chi connectivity index (χ2n) is 23.8. The van der Waals surface area contributed by atoms with Crippen molar-refractivity contribution in [2.24, 2.45) is 46.3 Å². The number of amides is 1. The van der Waals surface area contributed by atoms with Gasteiger partial charge in [-0.1, -0.05) is 40.2 Å². The normalized spacial score (nSPS) is 48.9. The number of fused-ring (bicyclic) bond motifs is 5. The predicted octanol–water partition coefficient (Wildman–Crippen LogP) is 3.09. The molecule has 4 aliphatic carbocycles. The van der Waals surface area contributed by atoms with Crippen molar-refractivity contribution in [2.45, 2.75) is 218 Å². The molecule has 6 aliphatic rings. The maximum atomic E-state index is 14.3. The third-order valence-corrected chi connectivity index (χ3v) is 18.6. The summed E-state index contributed by atoms with van der Waals surface area (Å²) < 4.78 is 18.6. The molecule has 8 N–H and O–H groups in total. The number of nitrogens with zero attached hydrogens (tertiary/aromatic N) is 2. The van der Waals surface area contributed by atoms with E-state index in [1.165, 1.54) is 13.8 Å². The second kappa shape index (κ2) is 20.8. The van der Waals surface area contributed by atoms with E-state index in [0.717, 1.165) is 18.4 Å². The number of hydrogen-bond donors (Lipinski definition) is 8. The van der Waals surface area contributed by atoms with Crippen LogP contribution in [0.2, 0.25) is 0 Å². The molecule has 21 atom stereocenters. The van der Waals surface area contributed by atoms with E-state index in [0.29, 0.717) is 45.2 Å². The Labute approximate surface area is 405 Å². The van der Waals surface area contributed by atoms with Gasteiger partial charge in [0.25, 0.3) is 5.91 Å². The molecule has 16 nitrogen and oxygen atoms in total. The molecule has 390 valence electrons. The molecule has 0 spiro atoms. The van der Waals surface area contributed by atoms with Crippen LogP contribution in [-0.2, 0) is 28.6 Å². The molecule has 1 amide bonds. The average molecular weight is 964 g/mol. The quantitative estimate of drug-likeness (QED) is 0.122. The number of ether oxygens (including phenoxy) is 3. The first-order valence-electron chi connectivity index (χ1n) is 25.9. The number of aliphatic hydroxyl groups excluding tert-OH is 4. The zero-order valence-corrected chi connectivity index (χ0v) is 43.2. The molecule has 2 saturated heterocycles. The topological polar surface area (TPSA) is 239 Å². The Hall–Kier alpha value is -2.09. The lowest BCUT2D eigenvalue weighted by molar-refractivity contribution is -0.299. The zero-order chi connectivity index (χ0) is 50.6. The number of hydrogen-bond acceptors (Lipinski definition) is 15. The molecule has 0 bridgehead atoms. The van der Waals surface area contributed by atoms with Crippen LogP contribution in [0.5, 0.6) is 0 Å².